The van der Waals surface area contributed by atoms with Crippen LogP contribution in [0.5, 0.6) is 0 Å². The van der Waals surface area contributed by atoms with Crippen LogP contribution in [-0.2, 0) is 0 Å². The summed E-state index contributed by atoms with van der Waals surface area (Å²) in [5, 5.41) is 3.45. The minimum absolute atomic E-state index is 0.862. The second-order valence-corrected chi connectivity index (χ2v) is 4.93. The van der Waals surface area contributed by atoms with Gasteiger partial charge in [0.25, 0.3) is 0 Å². The Balaban J connectivity index is 1.67. The van der Waals surface area contributed by atoms with Gasteiger partial charge in [-0.2, -0.15) is 0 Å². The molecule has 2 aromatic rings. The van der Waals surface area contributed by atoms with Gasteiger partial charge in [0.05, 0.1) is 11.9 Å². The molecule has 18 heavy (non-hydrogen) atoms. The van der Waals surface area contributed by atoms with Crippen LogP contribution in [0.2, 0.25) is 0 Å². The van der Waals surface area contributed by atoms with Crippen LogP contribution >= 0.6 is 0 Å². The van der Waals surface area contributed by atoms with Crippen LogP contribution in [0.4, 0.5) is 5.69 Å². The largest absolute Gasteiger partial charge is 0.384 e. The zero-order valence-electron chi connectivity index (χ0n) is 10.6. The maximum Gasteiger partial charge on any atom is 0.138 e. The van der Waals surface area contributed by atoms with Crippen molar-refractivity contribution in [1.82, 2.24) is 14.5 Å². The van der Waals surface area contributed by atoms with E-state index in [0.29, 0.717) is 0 Å². The molecule has 0 unspecified atom stereocenters. The van der Waals surface area contributed by atoms with Crippen molar-refractivity contribution in [3.63, 3.8) is 0 Å². The highest BCUT2D eigenvalue weighted by atomic mass is 15.1. The van der Waals surface area contributed by atoms with E-state index in [9.17, 15) is 0 Å². The number of hydrogen-bond donors (Lipinski definition) is 1. The van der Waals surface area contributed by atoms with Crippen molar-refractivity contribution >= 4 is 5.69 Å². The lowest BCUT2D eigenvalue weighted by molar-refractivity contribution is 0.333. The third-order valence-corrected chi connectivity index (χ3v) is 3.64. The number of nitrogens with one attached hydrogen (secondary N) is 1. The zero-order valence-corrected chi connectivity index (χ0v) is 10.6. The Kier molecular flexibility index (Phi) is 3.00. The molecule has 94 valence electrons. The molecular formula is C14H18N4. The Morgan fingerprint density at radius 1 is 1.33 bits per heavy atom. The maximum absolute atomic E-state index is 4.46. The van der Waals surface area contributed by atoms with Crippen LogP contribution in [0.3, 0.4) is 0 Å². The highest BCUT2D eigenvalue weighted by Gasteiger charge is 2.16. The molecule has 4 heteroatoms. The lowest BCUT2D eigenvalue weighted by atomic mass is 9.85. The van der Waals surface area contributed by atoms with E-state index in [-0.39, 0.29) is 0 Å². The molecule has 4 nitrogen and oxygen atoms in total. The Morgan fingerprint density at radius 2 is 2.22 bits per heavy atom. The van der Waals surface area contributed by atoms with Crippen molar-refractivity contribution in [2.45, 2.75) is 26.2 Å². The topological polar surface area (TPSA) is 42.7 Å². The molecule has 1 aliphatic carbocycles. The Morgan fingerprint density at radius 3 is 2.78 bits per heavy atom. The monoisotopic (exact) mass is 242 g/mol. The van der Waals surface area contributed by atoms with Crippen molar-refractivity contribution < 1.29 is 0 Å². The second-order valence-electron chi connectivity index (χ2n) is 4.93. The standard InChI is InChI=1S/C14H18N4/c1-11-15-7-8-18(11)14-6-5-13(10-17-14)16-9-12-3-2-4-12/h5-8,10,12,16H,2-4,9H2,1H3. The first-order chi connectivity index (χ1) is 8.83. The summed E-state index contributed by atoms with van der Waals surface area (Å²) in [5.74, 6) is 2.73. The molecule has 3 rings (SSSR count). The van der Waals surface area contributed by atoms with Crippen LogP contribution in [-0.4, -0.2) is 21.1 Å². The summed E-state index contributed by atoms with van der Waals surface area (Å²) in [6.07, 6.45) is 9.75. The van der Waals surface area contributed by atoms with Gasteiger partial charge in [0, 0.05) is 18.9 Å². The third-order valence-electron chi connectivity index (χ3n) is 3.64. The fourth-order valence-corrected chi connectivity index (χ4v) is 2.21. The molecule has 0 spiro atoms. The summed E-state index contributed by atoms with van der Waals surface area (Å²) >= 11 is 0. The van der Waals surface area contributed by atoms with Gasteiger partial charge in [-0.05, 0) is 37.8 Å². The van der Waals surface area contributed by atoms with Crippen molar-refractivity contribution in [3.8, 4) is 5.82 Å². The molecule has 0 radical (unpaired) electrons. The van der Waals surface area contributed by atoms with Gasteiger partial charge in [-0.25, -0.2) is 9.97 Å². The SMILES string of the molecule is Cc1nccn1-c1ccc(NCC2CCC2)cn1. The zero-order chi connectivity index (χ0) is 12.4. The van der Waals surface area contributed by atoms with E-state index in [2.05, 4.69) is 21.4 Å². The molecule has 1 aliphatic rings. The van der Waals surface area contributed by atoms with Crippen molar-refractivity contribution in [3.05, 3.63) is 36.5 Å². The van der Waals surface area contributed by atoms with Gasteiger partial charge in [-0.3, -0.25) is 4.57 Å². The van der Waals surface area contributed by atoms with Gasteiger partial charge in [-0.1, -0.05) is 6.42 Å². The third kappa shape index (κ3) is 2.23. The van der Waals surface area contributed by atoms with E-state index in [0.717, 1.165) is 29.8 Å². The van der Waals surface area contributed by atoms with E-state index < -0.39 is 0 Å². The number of aromatic nitrogens is 3. The molecule has 1 N–H and O–H groups in total. The number of hydrogen-bond acceptors (Lipinski definition) is 3. The minimum atomic E-state index is 0.862. The Bertz CT molecular complexity index is 511. The number of pyridine rings is 1. The van der Waals surface area contributed by atoms with Crippen LogP contribution in [0.25, 0.3) is 5.82 Å². The summed E-state index contributed by atoms with van der Waals surface area (Å²) in [6, 6.07) is 4.11. The van der Waals surface area contributed by atoms with Crippen LogP contribution in [0.15, 0.2) is 30.7 Å². The molecule has 2 aromatic heterocycles. The Hall–Kier alpha value is -1.84. The molecule has 1 fully saturated rings. The average molecular weight is 242 g/mol. The Labute approximate surface area is 107 Å². The summed E-state index contributed by atoms with van der Waals surface area (Å²) in [7, 11) is 0. The number of nitrogens with zero attached hydrogens (tertiary/aromatic N) is 3. The molecule has 0 saturated heterocycles. The molecular weight excluding hydrogens is 224 g/mol. The van der Waals surface area contributed by atoms with Gasteiger partial charge >= 0.3 is 0 Å². The second kappa shape index (κ2) is 4.80. The predicted molar refractivity (Wildman–Crippen MR) is 71.9 cm³/mol. The summed E-state index contributed by atoms with van der Waals surface area (Å²) in [4.78, 5) is 8.67. The van der Waals surface area contributed by atoms with Crippen molar-refractivity contribution in [2.75, 3.05) is 11.9 Å². The molecule has 2 heterocycles. The lowest BCUT2D eigenvalue weighted by Gasteiger charge is -2.25. The smallest absolute Gasteiger partial charge is 0.138 e. The van der Waals surface area contributed by atoms with Crippen LogP contribution in [0.1, 0.15) is 25.1 Å². The van der Waals surface area contributed by atoms with E-state index in [1.807, 2.05) is 30.0 Å². The first-order valence-corrected chi connectivity index (χ1v) is 6.53. The first kappa shape index (κ1) is 11.3. The maximum atomic E-state index is 4.46. The molecule has 0 aromatic carbocycles. The summed E-state index contributed by atoms with van der Waals surface area (Å²) in [5.41, 5.74) is 1.10. The number of imidazole rings is 1. The summed E-state index contributed by atoms with van der Waals surface area (Å²) in [6.45, 7) is 3.05. The average Bonchev–Trinajstić information content (AvgIpc) is 2.74. The van der Waals surface area contributed by atoms with Gasteiger partial charge < -0.3 is 5.32 Å². The number of anilines is 1. The van der Waals surface area contributed by atoms with E-state index >= 15 is 0 Å². The number of aryl methyl sites for hydroxylation is 1. The van der Waals surface area contributed by atoms with Gasteiger partial charge in [-0.15, -0.1) is 0 Å². The van der Waals surface area contributed by atoms with Crippen molar-refractivity contribution in [1.29, 1.82) is 0 Å². The molecule has 0 aliphatic heterocycles. The van der Waals surface area contributed by atoms with Gasteiger partial charge in [0.15, 0.2) is 0 Å². The molecule has 0 atom stereocenters. The first-order valence-electron chi connectivity index (χ1n) is 6.53. The van der Waals surface area contributed by atoms with Gasteiger partial charge in [0.1, 0.15) is 11.6 Å². The quantitative estimate of drug-likeness (QED) is 0.896. The normalized spacial score (nSPS) is 15.4. The molecule has 1 saturated carbocycles. The van der Waals surface area contributed by atoms with E-state index in [4.69, 9.17) is 0 Å². The van der Waals surface area contributed by atoms with Crippen molar-refractivity contribution in [2.24, 2.45) is 5.92 Å². The minimum Gasteiger partial charge on any atom is -0.384 e. The number of rotatable bonds is 4. The van der Waals surface area contributed by atoms with E-state index in [1.165, 1.54) is 19.3 Å². The van der Waals surface area contributed by atoms with Crippen LogP contribution < -0.4 is 5.32 Å². The van der Waals surface area contributed by atoms with E-state index in [1.54, 1.807) is 6.20 Å². The van der Waals surface area contributed by atoms with Crippen LogP contribution in [0, 0.1) is 12.8 Å². The predicted octanol–water partition coefficient (Wildman–Crippen LogP) is 2.79. The molecule has 0 bridgehead atoms. The fourth-order valence-electron chi connectivity index (χ4n) is 2.21. The fraction of sp³-hybridized carbons (Fsp3) is 0.429. The highest BCUT2D eigenvalue weighted by molar-refractivity contribution is 5.43. The summed E-state index contributed by atoms with van der Waals surface area (Å²) < 4.78 is 1.98. The lowest BCUT2D eigenvalue weighted by Crippen LogP contribution is -2.20. The molecule has 0 amide bonds. The van der Waals surface area contributed by atoms with Gasteiger partial charge in [0.2, 0.25) is 0 Å². The highest BCUT2D eigenvalue weighted by Crippen LogP contribution is 2.26.